The molecular weight excluding hydrogens is 442 g/mol. The Labute approximate surface area is 206 Å². The standard InChI is InChI=1S/C30H32F2N2O/c1-19-14-22(27-5-3-2-4-20(27)10-13-34-30(35)21-6-7-21)8-9-26(19)29-18-33-12-11-28(29)23-15-24(31)17-25(32)16-23/h2-5,8-9,14-17,21,28-29,33H,6-7,10-13,18H2,1H3,(H,34,35)/t28-,29-/m1/s1. The third kappa shape index (κ3) is 5.46. The molecule has 1 saturated carbocycles. The molecule has 2 atom stereocenters. The molecule has 1 heterocycles. The molecular formula is C30H32F2N2O. The number of benzene rings is 3. The summed E-state index contributed by atoms with van der Waals surface area (Å²) >= 11 is 0. The number of hydrogen-bond donors (Lipinski definition) is 2. The van der Waals surface area contributed by atoms with Crippen LogP contribution in [0.25, 0.3) is 11.1 Å². The van der Waals surface area contributed by atoms with Gasteiger partial charge in [0.25, 0.3) is 0 Å². The number of amides is 1. The number of carbonyl (C=O) groups excluding carboxylic acids is 1. The fraction of sp³-hybridized carbons (Fsp3) is 0.367. The lowest BCUT2D eigenvalue weighted by atomic mass is 9.75. The molecule has 0 bridgehead atoms. The number of aryl methyl sites for hydroxylation is 1. The van der Waals surface area contributed by atoms with E-state index in [4.69, 9.17) is 0 Å². The first-order chi connectivity index (χ1) is 17.0. The third-order valence-corrected chi connectivity index (χ3v) is 7.43. The SMILES string of the molecule is Cc1cc(-c2ccccc2CCNC(=O)C2CC2)ccc1[C@H]1CNCC[C@@H]1c1cc(F)cc(F)c1. The van der Waals surface area contributed by atoms with Crippen molar-refractivity contribution in [3.63, 3.8) is 0 Å². The van der Waals surface area contributed by atoms with E-state index in [-0.39, 0.29) is 23.7 Å². The molecule has 5 heteroatoms. The molecule has 35 heavy (non-hydrogen) atoms. The molecule has 1 amide bonds. The average Bonchev–Trinajstić information content (AvgIpc) is 3.69. The van der Waals surface area contributed by atoms with Crippen LogP contribution >= 0.6 is 0 Å². The van der Waals surface area contributed by atoms with E-state index in [2.05, 4.69) is 47.9 Å². The van der Waals surface area contributed by atoms with E-state index in [0.717, 1.165) is 56.0 Å². The number of halogens is 2. The molecule has 1 saturated heterocycles. The van der Waals surface area contributed by atoms with Crippen LogP contribution in [0.15, 0.2) is 60.7 Å². The topological polar surface area (TPSA) is 41.1 Å². The van der Waals surface area contributed by atoms with Crippen molar-refractivity contribution in [1.82, 2.24) is 10.6 Å². The first-order valence-electron chi connectivity index (χ1n) is 12.6. The maximum Gasteiger partial charge on any atom is 0.223 e. The highest BCUT2D eigenvalue weighted by Crippen LogP contribution is 2.40. The third-order valence-electron chi connectivity index (χ3n) is 7.43. The van der Waals surface area contributed by atoms with Gasteiger partial charge >= 0.3 is 0 Å². The van der Waals surface area contributed by atoms with Gasteiger partial charge in [0.15, 0.2) is 0 Å². The predicted molar refractivity (Wildman–Crippen MR) is 135 cm³/mol. The van der Waals surface area contributed by atoms with Gasteiger partial charge in [-0.05, 0) is 90.6 Å². The molecule has 1 aliphatic heterocycles. The molecule has 182 valence electrons. The Morgan fingerprint density at radius 3 is 2.49 bits per heavy atom. The monoisotopic (exact) mass is 474 g/mol. The molecule has 3 aromatic carbocycles. The minimum atomic E-state index is -0.519. The van der Waals surface area contributed by atoms with Crippen LogP contribution in [0.5, 0.6) is 0 Å². The van der Waals surface area contributed by atoms with Crippen molar-refractivity contribution >= 4 is 5.91 Å². The van der Waals surface area contributed by atoms with Crippen LogP contribution in [0, 0.1) is 24.5 Å². The van der Waals surface area contributed by atoms with Gasteiger partial charge in [0.2, 0.25) is 5.91 Å². The normalized spacial score (nSPS) is 20.0. The van der Waals surface area contributed by atoms with Crippen molar-refractivity contribution in [3.8, 4) is 11.1 Å². The largest absolute Gasteiger partial charge is 0.356 e. The Morgan fingerprint density at radius 2 is 1.74 bits per heavy atom. The van der Waals surface area contributed by atoms with Gasteiger partial charge in [-0.1, -0.05) is 42.5 Å². The van der Waals surface area contributed by atoms with Crippen LogP contribution in [0.2, 0.25) is 0 Å². The van der Waals surface area contributed by atoms with E-state index >= 15 is 0 Å². The van der Waals surface area contributed by atoms with Crippen molar-refractivity contribution in [2.24, 2.45) is 5.92 Å². The number of carbonyl (C=O) groups is 1. The Bertz CT molecular complexity index is 1200. The van der Waals surface area contributed by atoms with Crippen molar-refractivity contribution in [3.05, 3.63) is 94.6 Å². The van der Waals surface area contributed by atoms with Crippen LogP contribution in [0.1, 0.15) is 53.4 Å². The average molecular weight is 475 g/mol. The summed E-state index contributed by atoms with van der Waals surface area (Å²) < 4.78 is 27.9. The van der Waals surface area contributed by atoms with Gasteiger partial charge in [-0.2, -0.15) is 0 Å². The van der Waals surface area contributed by atoms with Crippen LogP contribution in [0.4, 0.5) is 8.78 Å². The summed E-state index contributed by atoms with van der Waals surface area (Å²) in [7, 11) is 0. The lowest BCUT2D eigenvalue weighted by Crippen LogP contribution is -2.34. The van der Waals surface area contributed by atoms with Gasteiger partial charge in [-0.25, -0.2) is 8.78 Å². The van der Waals surface area contributed by atoms with Crippen molar-refractivity contribution in [1.29, 1.82) is 0 Å². The van der Waals surface area contributed by atoms with E-state index in [1.807, 2.05) is 12.1 Å². The molecule has 0 unspecified atom stereocenters. The van der Waals surface area contributed by atoms with Crippen molar-refractivity contribution < 1.29 is 13.6 Å². The highest BCUT2D eigenvalue weighted by molar-refractivity contribution is 5.80. The second kappa shape index (κ2) is 10.3. The molecule has 0 radical (unpaired) electrons. The number of rotatable bonds is 7. The van der Waals surface area contributed by atoms with Gasteiger partial charge in [-0.15, -0.1) is 0 Å². The zero-order valence-electron chi connectivity index (χ0n) is 20.1. The van der Waals surface area contributed by atoms with Crippen molar-refractivity contribution in [2.75, 3.05) is 19.6 Å². The zero-order valence-corrected chi connectivity index (χ0v) is 20.1. The molecule has 1 aliphatic carbocycles. The van der Waals surface area contributed by atoms with Gasteiger partial charge in [0.1, 0.15) is 11.6 Å². The van der Waals surface area contributed by atoms with E-state index in [1.54, 1.807) is 0 Å². The maximum atomic E-state index is 14.0. The Kier molecular flexibility index (Phi) is 6.96. The van der Waals surface area contributed by atoms with Gasteiger partial charge in [0.05, 0.1) is 0 Å². The predicted octanol–water partition coefficient (Wildman–Crippen LogP) is 5.87. The van der Waals surface area contributed by atoms with E-state index in [1.165, 1.54) is 34.4 Å². The molecule has 3 aromatic rings. The van der Waals surface area contributed by atoms with E-state index in [9.17, 15) is 13.6 Å². The maximum absolute atomic E-state index is 14.0. The van der Waals surface area contributed by atoms with Crippen LogP contribution < -0.4 is 10.6 Å². The quantitative estimate of drug-likeness (QED) is 0.450. The first-order valence-corrected chi connectivity index (χ1v) is 12.6. The number of piperidine rings is 1. The summed E-state index contributed by atoms with van der Waals surface area (Å²) in [6.07, 6.45) is 3.65. The lowest BCUT2D eigenvalue weighted by Gasteiger charge is -2.34. The second-order valence-electron chi connectivity index (χ2n) is 9.95. The Morgan fingerprint density at radius 1 is 0.971 bits per heavy atom. The summed E-state index contributed by atoms with van der Waals surface area (Å²) in [4.78, 5) is 12.0. The second-order valence-corrected chi connectivity index (χ2v) is 9.95. The molecule has 0 aromatic heterocycles. The van der Waals surface area contributed by atoms with Gasteiger partial charge < -0.3 is 10.6 Å². The van der Waals surface area contributed by atoms with Crippen molar-refractivity contribution in [2.45, 2.75) is 44.4 Å². The van der Waals surface area contributed by atoms with Gasteiger partial charge in [0, 0.05) is 31.0 Å². The summed E-state index contributed by atoms with van der Waals surface area (Å²) in [6, 6.07) is 18.8. The highest BCUT2D eigenvalue weighted by Gasteiger charge is 2.30. The summed E-state index contributed by atoms with van der Waals surface area (Å²) in [5.41, 5.74) is 6.65. The summed E-state index contributed by atoms with van der Waals surface area (Å²) in [5.74, 6) is -0.428. The number of hydrogen-bond acceptors (Lipinski definition) is 2. The molecule has 2 fully saturated rings. The van der Waals surface area contributed by atoms with Crippen LogP contribution in [0.3, 0.4) is 0 Å². The molecule has 3 nitrogen and oxygen atoms in total. The summed E-state index contributed by atoms with van der Waals surface area (Å²) in [5, 5.41) is 6.53. The zero-order chi connectivity index (χ0) is 24.4. The Hall–Kier alpha value is -3.05. The molecule has 2 aliphatic rings. The summed E-state index contributed by atoms with van der Waals surface area (Å²) in [6.45, 7) is 4.37. The number of nitrogens with one attached hydrogen (secondary N) is 2. The van der Waals surface area contributed by atoms with E-state index in [0.29, 0.717) is 6.54 Å². The fourth-order valence-corrected chi connectivity index (χ4v) is 5.46. The molecule has 0 spiro atoms. The highest BCUT2D eigenvalue weighted by atomic mass is 19.1. The minimum absolute atomic E-state index is 0.0633. The lowest BCUT2D eigenvalue weighted by molar-refractivity contribution is -0.122. The van der Waals surface area contributed by atoms with E-state index < -0.39 is 11.6 Å². The van der Waals surface area contributed by atoms with Crippen LogP contribution in [-0.4, -0.2) is 25.5 Å². The molecule has 2 N–H and O–H groups in total. The van der Waals surface area contributed by atoms with Crippen LogP contribution in [-0.2, 0) is 11.2 Å². The smallest absolute Gasteiger partial charge is 0.223 e. The minimum Gasteiger partial charge on any atom is -0.356 e. The van der Waals surface area contributed by atoms with Gasteiger partial charge in [-0.3, -0.25) is 4.79 Å². The molecule has 5 rings (SSSR count). The Balaban J connectivity index is 1.38. The fourth-order valence-electron chi connectivity index (χ4n) is 5.46. The first kappa shape index (κ1) is 23.7.